The Kier molecular flexibility index (Phi) is 5.07. The Hall–Kier alpha value is -1.67. The third kappa shape index (κ3) is 4.43. The minimum atomic E-state index is -2.82. The highest BCUT2D eigenvalue weighted by Crippen LogP contribution is 2.51. The van der Waals surface area contributed by atoms with Gasteiger partial charge in [0, 0.05) is 12.8 Å². The lowest BCUT2D eigenvalue weighted by molar-refractivity contribution is -0.136. The lowest BCUT2D eigenvalue weighted by Gasteiger charge is -2.48. The topological polar surface area (TPSA) is 56.8 Å². The minimum Gasteiger partial charge on any atom is -0.444 e. The zero-order chi connectivity index (χ0) is 21.9. The van der Waals surface area contributed by atoms with E-state index in [-0.39, 0.29) is 0 Å². The average molecular weight is 409 g/mol. The second-order valence-corrected chi connectivity index (χ2v) is 10.1. The standard InChI is InChI=1S/C21H30BF2NO4/c1-17(2,3)27-16(26)25-20(12-21(23,24)13-20)14-8-10-15(11-9-14)22-28-18(4,5)19(6,7)29-22/h8-11H,12-13H2,1-7H3,(H,25,26). The van der Waals surface area contributed by atoms with E-state index in [1.165, 1.54) is 0 Å². The van der Waals surface area contributed by atoms with Crippen LogP contribution in [0.2, 0.25) is 0 Å². The molecule has 29 heavy (non-hydrogen) atoms. The van der Waals surface area contributed by atoms with Crippen molar-refractivity contribution in [2.75, 3.05) is 0 Å². The summed E-state index contributed by atoms with van der Waals surface area (Å²) in [7, 11) is -0.536. The fraction of sp³-hybridized carbons (Fsp3) is 0.667. The van der Waals surface area contributed by atoms with E-state index < -0.39 is 54.3 Å². The van der Waals surface area contributed by atoms with Crippen LogP contribution in [0, 0.1) is 0 Å². The van der Waals surface area contributed by atoms with Gasteiger partial charge in [-0.15, -0.1) is 0 Å². The van der Waals surface area contributed by atoms with Crippen molar-refractivity contribution < 1.29 is 27.6 Å². The van der Waals surface area contributed by atoms with E-state index in [4.69, 9.17) is 14.0 Å². The number of hydrogen-bond acceptors (Lipinski definition) is 4. The number of hydrogen-bond donors (Lipinski definition) is 1. The molecule has 1 heterocycles. The summed E-state index contributed by atoms with van der Waals surface area (Å²) >= 11 is 0. The third-order valence-electron chi connectivity index (χ3n) is 5.85. The van der Waals surface area contributed by atoms with Gasteiger partial charge in [-0.05, 0) is 59.5 Å². The maximum atomic E-state index is 13.8. The molecule has 160 valence electrons. The third-order valence-corrected chi connectivity index (χ3v) is 5.85. The zero-order valence-electron chi connectivity index (χ0n) is 18.2. The number of halogens is 2. The summed E-state index contributed by atoms with van der Waals surface area (Å²) in [5, 5.41) is 2.67. The summed E-state index contributed by atoms with van der Waals surface area (Å²) < 4.78 is 44.9. The van der Waals surface area contributed by atoms with Crippen LogP contribution >= 0.6 is 0 Å². The number of alkyl carbamates (subject to hydrolysis) is 1. The molecule has 0 unspecified atom stereocenters. The van der Waals surface area contributed by atoms with Gasteiger partial charge in [-0.3, -0.25) is 0 Å². The van der Waals surface area contributed by atoms with E-state index in [1.54, 1.807) is 45.0 Å². The summed E-state index contributed by atoms with van der Waals surface area (Å²) in [4.78, 5) is 12.3. The van der Waals surface area contributed by atoms with Gasteiger partial charge in [0.2, 0.25) is 0 Å². The van der Waals surface area contributed by atoms with Gasteiger partial charge in [-0.25, -0.2) is 13.6 Å². The normalized spacial score (nSPS) is 24.0. The van der Waals surface area contributed by atoms with E-state index in [0.29, 0.717) is 5.56 Å². The van der Waals surface area contributed by atoms with E-state index in [2.05, 4.69) is 5.32 Å². The van der Waals surface area contributed by atoms with Crippen molar-refractivity contribution in [3.63, 3.8) is 0 Å². The number of rotatable bonds is 3. The lowest BCUT2D eigenvalue weighted by atomic mass is 9.68. The molecule has 8 heteroatoms. The molecule has 2 aliphatic rings. The number of amides is 1. The molecule has 0 aromatic heterocycles. The Morgan fingerprint density at radius 1 is 1.03 bits per heavy atom. The largest absolute Gasteiger partial charge is 0.494 e. The van der Waals surface area contributed by atoms with E-state index in [1.807, 2.05) is 27.7 Å². The van der Waals surface area contributed by atoms with Gasteiger partial charge < -0.3 is 19.4 Å². The Labute approximate surface area is 171 Å². The first-order valence-corrected chi connectivity index (χ1v) is 9.89. The Morgan fingerprint density at radius 3 is 1.93 bits per heavy atom. The van der Waals surface area contributed by atoms with Crippen molar-refractivity contribution in [1.82, 2.24) is 5.32 Å². The molecule has 0 atom stereocenters. The van der Waals surface area contributed by atoms with Crippen LogP contribution in [-0.2, 0) is 19.6 Å². The van der Waals surface area contributed by atoms with Crippen LogP contribution < -0.4 is 10.8 Å². The van der Waals surface area contributed by atoms with E-state index in [0.717, 1.165) is 5.46 Å². The van der Waals surface area contributed by atoms with Gasteiger partial charge in [-0.1, -0.05) is 24.3 Å². The molecule has 3 rings (SSSR count). The van der Waals surface area contributed by atoms with Gasteiger partial charge in [0.15, 0.2) is 0 Å². The van der Waals surface area contributed by atoms with Crippen LogP contribution in [0.5, 0.6) is 0 Å². The van der Waals surface area contributed by atoms with Gasteiger partial charge in [0.05, 0.1) is 16.7 Å². The molecule has 1 aromatic carbocycles. The molecule has 1 N–H and O–H groups in total. The van der Waals surface area contributed by atoms with Crippen molar-refractivity contribution in [3.8, 4) is 0 Å². The molecule has 1 aromatic rings. The second kappa shape index (κ2) is 6.67. The van der Waals surface area contributed by atoms with Crippen LogP contribution in [0.3, 0.4) is 0 Å². The van der Waals surface area contributed by atoms with Crippen LogP contribution in [-0.4, -0.2) is 35.9 Å². The fourth-order valence-corrected chi connectivity index (χ4v) is 3.63. The molecule has 0 bridgehead atoms. The van der Waals surface area contributed by atoms with Crippen LogP contribution in [0.1, 0.15) is 66.9 Å². The highest BCUT2D eigenvalue weighted by molar-refractivity contribution is 6.62. The minimum absolute atomic E-state index is 0.463. The maximum absolute atomic E-state index is 13.8. The highest BCUT2D eigenvalue weighted by Gasteiger charge is 2.59. The zero-order valence-corrected chi connectivity index (χ0v) is 18.2. The summed E-state index contributed by atoms with van der Waals surface area (Å²) in [5.74, 6) is -2.82. The number of carbonyl (C=O) groups excluding carboxylic acids is 1. The number of benzene rings is 1. The molecule has 2 fully saturated rings. The first-order valence-electron chi connectivity index (χ1n) is 9.89. The van der Waals surface area contributed by atoms with Gasteiger partial charge in [0.25, 0.3) is 5.92 Å². The molecule has 5 nitrogen and oxygen atoms in total. The van der Waals surface area contributed by atoms with Gasteiger partial charge >= 0.3 is 13.2 Å². The highest BCUT2D eigenvalue weighted by atomic mass is 19.3. The Morgan fingerprint density at radius 2 is 1.52 bits per heavy atom. The summed E-state index contributed by atoms with van der Waals surface area (Å²) in [5.41, 5.74) is -1.39. The monoisotopic (exact) mass is 409 g/mol. The first kappa shape index (κ1) is 22.0. The van der Waals surface area contributed by atoms with Crippen LogP contribution in [0.4, 0.5) is 13.6 Å². The van der Waals surface area contributed by atoms with Crippen molar-refractivity contribution >= 4 is 18.7 Å². The molecular formula is C21H30BF2NO4. The van der Waals surface area contributed by atoms with E-state index >= 15 is 0 Å². The summed E-state index contributed by atoms with van der Waals surface area (Å²) in [6.45, 7) is 13.1. The average Bonchev–Trinajstić information content (AvgIpc) is 2.71. The van der Waals surface area contributed by atoms with Crippen LogP contribution in [0.25, 0.3) is 0 Å². The SMILES string of the molecule is CC(C)(C)OC(=O)NC1(c2ccc(B3OC(C)(C)C(C)(C)O3)cc2)CC(F)(F)C1. The first-order chi connectivity index (χ1) is 13.0. The van der Waals surface area contributed by atoms with Crippen molar-refractivity contribution in [3.05, 3.63) is 29.8 Å². The van der Waals surface area contributed by atoms with Crippen molar-refractivity contribution in [2.45, 2.75) is 89.6 Å². The molecule has 1 aliphatic heterocycles. The smallest absolute Gasteiger partial charge is 0.444 e. The Bertz CT molecular complexity index is 763. The van der Waals surface area contributed by atoms with Gasteiger partial charge in [-0.2, -0.15) is 0 Å². The predicted molar refractivity (Wildman–Crippen MR) is 107 cm³/mol. The number of alkyl halides is 2. The number of carbonyl (C=O) groups is 1. The van der Waals surface area contributed by atoms with Crippen molar-refractivity contribution in [2.24, 2.45) is 0 Å². The lowest BCUT2D eigenvalue weighted by Crippen LogP contribution is -2.60. The van der Waals surface area contributed by atoms with Crippen molar-refractivity contribution in [1.29, 1.82) is 0 Å². The molecule has 1 saturated carbocycles. The Balaban J connectivity index is 1.79. The second-order valence-electron chi connectivity index (χ2n) is 10.1. The summed E-state index contributed by atoms with van der Waals surface area (Å²) in [6, 6.07) is 7.08. The quantitative estimate of drug-likeness (QED) is 0.763. The van der Waals surface area contributed by atoms with Gasteiger partial charge in [0.1, 0.15) is 5.60 Å². The predicted octanol–water partition coefficient (Wildman–Crippen LogP) is 4.13. The molecule has 0 radical (unpaired) electrons. The summed E-state index contributed by atoms with van der Waals surface area (Å²) in [6.07, 6.45) is -1.63. The molecular weight excluding hydrogens is 379 g/mol. The number of ether oxygens (including phenoxy) is 1. The molecule has 0 spiro atoms. The molecule has 1 saturated heterocycles. The number of nitrogens with one attached hydrogen (secondary N) is 1. The van der Waals surface area contributed by atoms with Crippen LogP contribution in [0.15, 0.2) is 24.3 Å². The maximum Gasteiger partial charge on any atom is 0.494 e. The fourth-order valence-electron chi connectivity index (χ4n) is 3.63. The van der Waals surface area contributed by atoms with E-state index in [9.17, 15) is 13.6 Å². The molecule has 1 aliphatic carbocycles. The molecule has 1 amide bonds.